The number of furan rings is 1. The van der Waals surface area contributed by atoms with Crippen LogP contribution in [0.1, 0.15) is 11.9 Å². The number of aliphatic hydroxyl groups excluding tert-OH is 1. The van der Waals surface area contributed by atoms with Crippen molar-refractivity contribution in [2.75, 3.05) is 33.9 Å². The first-order chi connectivity index (χ1) is 8.70. The number of rotatable bonds is 6. The monoisotopic (exact) mass is 249 g/mol. The van der Waals surface area contributed by atoms with E-state index in [1.54, 1.807) is 7.11 Å². The van der Waals surface area contributed by atoms with E-state index in [1.165, 1.54) is 0 Å². The third-order valence-electron chi connectivity index (χ3n) is 2.93. The Balaban J connectivity index is 2.01. The maximum atomic E-state index is 10.1. The molecule has 4 heteroatoms. The summed E-state index contributed by atoms with van der Waals surface area (Å²) in [6.07, 6.45) is -0.612. The number of fused-ring (bicyclic) bond motifs is 1. The van der Waals surface area contributed by atoms with Crippen LogP contribution in [0.15, 0.2) is 34.7 Å². The van der Waals surface area contributed by atoms with Gasteiger partial charge in [0, 0.05) is 25.6 Å². The molecule has 0 bridgehead atoms. The number of hydrogen-bond acceptors (Lipinski definition) is 4. The second kappa shape index (κ2) is 6.00. The fourth-order valence-corrected chi connectivity index (χ4v) is 1.89. The van der Waals surface area contributed by atoms with Crippen LogP contribution in [0, 0.1) is 0 Å². The number of para-hydroxylation sites is 1. The maximum absolute atomic E-state index is 10.1. The van der Waals surface area contributed by atoms with E-state index in [0.29, 0.717) is 18.9 Å². The molecule has 0 fully saturated rings. The van der Waals surface area contributed by atoms with Crippen molar-refractivity contribution in [3.63, 3.8) is 0 Å². The molecular weight excluding hydrogens is 230 g/mol. The highest BCUT2D eigenvalue weighted by atomic mass is 16.5. The minimum Gasteiger partial charge on any atom is -0.458 e. The van der Waals surface area contributed by atoms with Crippen molar-refractivity contribution in [2.24, 2.45) is 0 Å². The lowest BCUT2D eigenvalue weighted by molar-refractivity contribution is 0.0903. The number of methoxy groups -OCH3 is 1. The molecule has 0 aliphatic heterocycles. The lowest BCUT2D eigenvalue weighted by Crippen LogP contribution is -2.27. The van der Waals surface area contributed by atoms with Gasteiger partial charge in [0.1, 0.15) is 17.4 Å². The van der Waals surface area contributed by atoms with Crippen LogP contribution in [-0.2, 0) is 4.74 Å². The molecule has 1 unspecified atom stereocenters. The summed E-state index contributed by atoms with van der Waals surface area (Å²) in [5.41, 5.74) is 0.811. The van der Waals surface area contributed by atoms with Crippen LogP contribution in [0.3, 0.4) is 0 Å². The second-order valence-corrected chi connectivity index (χ2v) is 4.46. The fourth-order valence-electron chi connectivity index (χ4n) is 1.89. The van der Waals surface area contributed by atoms with Gasteiger partial charge in [0.25, 0.3) is 0 Å². The molecule has 0 aliphatic rings. The van der Waals surface area contributed by atoms with Crippen LogP contribution in [0.25, 0.3) is 11.0 Å². The number of likely N-dealkylation sites (N-methyl/N-ethyl adjacent to an activating group) is 1. The Morgan fingerprint density at radius 1 is 1.39 bits per heavy atom. The zero-order chi connectivity index (χ0) is 13.0. The van der Waals surface area contributed by atoms with Gasteiger partial charge in [-0.1, -0.05) is 18.2 Å². The highest BCUT2D eigenvalue weighted by Gasteiger charge is 2.15. The van der Waals surface area contributed by atoms with Gasteiger partial charge >= 0.3 is 0 Å². The van der Waals surface area contributed by atoms with E-state index in [1.807, 2.05) is 42.3 Å². The summed E-state index contributed by atoms with van der Waals surface area (Å²) in [6, 6.07) is 9.65. The molecule has 1 N–H and O–H groups in total. The molecule has 1 aromatic heterocycles. The van der Waals surface area contributed by atoms with Gasteiger partial charge in [-0.3, -0.25) is 0 Å². The summed E-state index contributed by atoms with van der Waals surface area (Å²) in [4.78, 5) is 2.02. The molecule has 0 spiro atoms. The van der Waals surface area contributed by atoms with E-state index in [4.69, 9.17) is 9.15 Å². The van der Waals surface area contributed by atoms with Crippen LogP contribution >= 0.6 is 0 Å². The Bertz CT molecular complexity index is 461. The quantitative estimate of drug-likeness (QED) is 0.851. The number of benzene rings is 1. The lowest BCUT2D eigenvalue weighted by atomic mass is 10.2. The Labute approximate surface area is 107 Å². The van der Waals surface area contributed by atoms with Gasteiger partial charge in [-0.25, -0.2) is 0 Å². The highest BCUT2D eigenvalue weighted by molar-refractivity contribution is 5.77. The molecule has 4 nitrogen and oxygen atoms in total. The molecule has 0 radical (unpaired) electrons. The molecule has 2 aromatic rings. The molecule has 0 saturated heterocycles. The highest BCUT2D eigenvalue weighted by Crippen LogP contribution is 2.23. The van der Waals surface area contributed by atoms with Gasteiger partial charge in [-0.05, 0) is 19.2 Å². The Morgan fingerprint density at radius 3 is 2.89 bits per heavy atom. The molecule has 18 heavy (non-hydrogen) atoms. The Morgan fingerprint density at radius 2 is 2.17 bits per heavy atom. The van der Waals surface area contributed by atoms with Crippen molar-refractivity contribution >= 4 is 11.0 Å². The third-order valence-corrected chi connectivity index (χ3v) is 2.93. The smallest absolute Gasteiger partial charge is 0.135 e. The first-order valence-corrected chi connectivity index (χ1v) is 6.04. The average molecular weight is 249 g/mol. The first kappa shape index (κ1) is 13.1. The molecule has 2 rings (SSSR count). The van der Waals surface area contributed by atoms with E-state index in [0.717, 1.165) is 17.5 Å². The molecule has 0 amide bonds. The summed E-state index contributed by atoms with van der Waals surface area (Å²) in [6.45, 7) is 1.97. The minimum atomic E-state index is -0.612. The first-order valence-electron chi connectivity index (χ1n) is 6.04. The second-order valence-electron chi connectivity index (χ2n) is 4.46. The van der Waals surface area contributed by atoms with Crippen LogP contribution in [-0.4, -0.2) is 43.9 Å². The molecule has 1 heterocycles. The SMILES string of the molecule is COCCN(C)CC(O)c1cc2ccccc2o1. The van der Waals surface area contributed by atoms with E-state index in [-0.39, 0.29) is 0 Å². The van der Waals surface area contributed by atoms with E-state index in [2.05, 4.69) is 0 Å². The van der Waals surface area contributed by atoms with Gasteiger partial charge in [0.15, 0.2) is 0 Å². The summed E-state index contributed by atoms with van der Waals surface area (Å²) >= 11 is 0. The van der Waals surface area contributed by atoms with Crippen molar-refractivity contribution in [3.8, 4) is 0 Å². The van der Waals surface area contributed by atoms with E-state index < -0.39 is 6.10 Å². The van der Waals surface area contributed by atoms with Gasteiger partial charge in [0.2, 0.25) is 0 Å². The van der Waals surface area contributed by atoms with Crippen LogP contribution in [0.2, 0.25) is 0 Å². The third kappa shape index (κ3) is 3.10. The number of ether oxygens (including phenoxy) is 1. The van der Waals surface area contributed by atoms with Crippen molar-refractivity contribution in [3.05, 3.63) is 36.1 Å². The summed E-state index contributed by atoms with van der Waals surface area (Å²) in [7, 11) is 3.62. The van der Waals surface area contributed by atoms with Crippen LogP contribution < -0.4 is 0 Å². The van der Waals surface area contributed by atoms with Gasteiger partial charge in [-0.15, -0.1) is 0 Å². The minimum absolute atomic E-state index is 0.531. The van der Waals surface area contributed by atoms with Gasteiger partial charge in [-0.2, -0.15) is 0 Å². The topological polar surface area (TPSA) is 45.8 Å². The normalized spacial score (nSPS) is 13.3. The van der Waals surface area contributed by atoms with E-state index in [9.17, 15) is 5.11 Å². The standard InChI is InChI=1S/C14H19NO3/c1-15(7-8-17-2)10-12(16)14-9-11-5-3-4-6-13(11)18-14/h3-6,9,12,16H,7-8,10H2,1-2H3. The molecular formula is C14H19NO3. The number of nitrogens with zero attached hydrogens (tertiary/aromatic N) is 1. The summed E-state index contributed by atoms with van der Waals surface area (Å²) in [5, 5.41) is 11.1. The Hall–Kier alpha value is -1.36. The van der Waals surface area contributed by atoms with Gasteiger partial charge < -0.3 is 19.2 Å². The number of aliphatic hydroxyl groups is 1. The van der Waals surface area contributed by atoms with Crippen molar-refractivity contribution < 1.29 is 14.3 Å². The zero-order valence-electron chi connectivity index (χ0n) is 10.8. The zero-order valence-corrected chi connectivity index (χ0v) is 10.8. The average Bonchev–Trinajstić information content (AvgIpc) is 2.80. The van der Waals surface area contributed by atoms with Crippen LogP contribution in [0.4, 0.5) is 0 Å². The molecule has 0 saturated carbocycles. The largest absolute Gasteiger partial charge is 0.458 e. The van der Waals surface area contributed by atoms with Crippen molar-refractivity contribution in [2.45, 2.75) is 6.10 Å². The molecule has 0 aliphatic carbocycles. The maximum Gasteiger partial charge on any atom is 0.135 e. The van der Waals surface area contributed by atoms with Crippen LogP contribution in [0.5, 0.6) is 0 Å². The predicted octanol–water partition coefficient (Wildman–Crippen LogP) is 2.04. The summed E-state index contributed by atoms with van der Waals surface area (Å²) < 4.78 is 10.6. The summed E-state index contributed by atoms with van der Waals surface area (Å²) in [5.74, 6) is 0.612. The van der Waals surface area contributed by atoms with Gasteiger partial charge in [0.05, 0.1) is 6.61 Å². The van der Waals surface area contributed by atoms with Crippen molar-refractivity contribution in [1.82, 2.24) is 4.90 Å². The van der Waals surface area contributed by atoms with Crippen molar-refractivity contribution in [1.29, 1.82) is 0 Å². The predicted molar refractivity (Wildman–Crippen MR) is 70.5 cm³/mol. The Kier molecular flexibility index (Phi) is 4.36. The lowest BCUT2D eigenvalue weighted by Gasteiger charge is -2.18. The molecule has 1 aromatic carbocycles. The fraction of sp³-hybridized carbons (Fsp3) is 0.429. The number of hydrogen-bond donors (Lipinski definition) is 1. The van der Waals surface area contributed by atoms with E-state index >= 15 is 0 Å². The molecule has 98 valence electrons. The molecule has 1 atom stereocenters.